The van der Waals surface area contributed by atoms with Gasteiger partial charge in [-0.3, -0.25) is 9.59 Å². The first-order valence-corrected chi connectivity index (χ1v) is 8.66. The SMILES string of the molecule is CC(=O)N1CCOCC1C(=O)NCc1cc(N(C)C)nc2ccccc12. The van der Waals surface area contributed by atoms with Gasteiger partial charge in [-0.05, 0) is 17.7 Å². The number of fused-ring (bicyclic) bond motifs is 1. The zero-order chi connectivity index (χ0) is 18.7. The fraction of sp³-hybridized carbons (Fsp3) is 0.421. The number of nitrogens with zero attached hydrogens (tertiary/aromatic N) is 3. The molecule has 1 unspecified atom stereocenters. The number of hydrogen-bond acceptors (Lipinski definition) is 5. The number of rotatable bonds is 4. The zero-order valence-corrected chi connectivity index (χ0v) is 15.4. The van der Waals surface area contributed by atoms with Crippen LogP contribution in [-0.2, 0) is 20.9 Å². The van der Waals surface area contributed by atoms with Crippen LogP contribution < -0.4 is 10.2 Å². The van der Waals surface area contributed by atoms with E-state index in [1.165, 1.54) is 6.92 Å². The van der Waals surface area contributed by atoms with E-state index < -0.39 is 6.04 Å². The van der Waals surface area contributed by atoms with Crippen LogP contribution in [0, 0.1) is 0 Å². The molecule has 2 aromatic rings. The molecule has 3 rings (SSSR count). The number of anilines is 1. The molecule has 1 N–H and O–H groups in total. The number of pyridine rings is 1. The molecular formula is C19H24N4O3. The van der Waals surface area contributed by atoms with Gasteiger partial charge < -0.3 is 19.9 Å². The number of para-hydroxylation sites is 1. The molecule has 7 heteroatoms. The summed E-state index contributed by atoms with van der Waals surface area (Å²) in [5, 5.41) is 3.95. The third kappa shape index (κ3) is 3.77. The first-order valence-electron chi connectivity index (χ1n) is 8.66. The highest BCUT2D eigenvalue weighted by atomic mass is 16.5. The van der Waals surface area contributed by atoms with Crippen LogP contribution in [-0.4, -0.2) is 61.6 Å². The lowest BCUT2D eigenvalue weighted by Gasteiger charge is -2.33. The summed E-state index contributed by atoms with van der Waals surface area (Å²) in [5.41, 5.74) is 1.87. The average molecular weight is 356 g/mol. The van der Waals surface area contributed by atoms with Crippen LogP contribution >= 0.6 is 0 Å². The summed E-state index contributed by atoms with van der Waals surface area (Å²) in [5.74, 6) is 0.518. The lowest BCUT2D eigenvalue weighted by atomic mass is 10.1. The summed E-state index contributed by atoms with van der Waals surface area (Å²) in [4.78, 5) is 32.5. The van der Waals surface area contributed by atoms with Gasteiger partial charge >= 0.3 is 0 Å². The van der Waals surface area contributed by atoms with E-state index in [0.29, 0.717) is 19.7 Å². The van der Waals surface area contributed by atoms with Crippen LogP contribution in [0.2, 0.25) is 0 Å². The van der Waals surface area contributed by atoms with Crippen molar-refractivity contribution in [3.8, 4) is 0 Å². The average Bonchev–Trinajstić information content (AvgIpc) is 2.65. The topological polar surface area (TPSA) is 74.8 Å². The van der Waals surface area contributed by atoms with E-state index in [1.54, 1.807) is 4.90 Å². The summed E-state index contributed by atoms with van der Waals surface area (Å²) >= 11 is 0. The highest BCUT2D eigenvalue weighted by Crippen LogP contribution is 2.22. The first-order chi connectivity index (χ1) is 12.5. The Balaban J connectivity index is 1.80. The Kier molecular flexibility index (Phi) is 5.37. The number of ether oxygens (including phenoxy) is 1. The second-order valence-corrected chi connectivity index (χ2v) is 6.57. The third-order valence-corrected chi connectivity index (χ3v) is 4.54. The molecule has 138 valence electrons. The monoisotopic (exact) mass is 356 g/mol. The molecule has 1 fully saturated rings. The number of amides is 2. The molecule has 1 aliphatic rings. The number of nitrogens with one attached hydrogen (secondary N) is 1. The maximum atomic E-state index is 12.6. The molecule has 1 aromatic carbocycles. The van der Waals surface area contributed by atoms with E-state index >= 15 is 0 Å². The predicted octanol–water partition coefficient (Wildman–Crippen LogP) is 1.16. The number of aromatic nitrogens is 1. The van der Waals surface area contributed by atoms with E-state index in [9.17, 15) is 9.59 Å². The first kappa shape index (κ1) is 18.1. The third-order valence-electron chi connectivity index (χ3n) is 4.54. The molecule has 1 saturated heterocycles. The molecule has 0 spiro atoms. The summed E-state index contributed by atoms with van der Waals surface area (Å²) in [6, 6.07) is 9.25. The Labute approximate surface area is 152 Å². The van der Waals surface area contributed by atoms with Gasteiger partial charge in [-0.1, -0.05) is 18.2 Å². The van der Waals surface area contributed by atoms with Gasteiger partial charge in [0.2, 0.25) is 11.8 Å². The second-order valence-electron chi connectivity index (χ2n) is 6.57. The minimum Gasteiger partial charge on any atom is -0.377 e. The van der Waals surface area contributed by atoms with Gasteiger partial charge in [0.1, 0.15) is 11.9 Å². The summed E-state index contributed by atoms with van der Waals surface area (Å²) in [6.45, 7) is 2.97. The number of carbonyl (C=O) groups excluding carboxylic acids is 2. The lowest BCUT2D eigenvalue weighted by Crippen LogP contribution is -2.55. The van der Waals surface area contributed by atoms with Crippen LogP contribution in [0.1, 0.15) is 12.5 Å². The highest BCUT2D eigenvalue weighted by molar-refractivity contribution is 5.88. The van der Waals surface area contributed by atoms with Crippen LogP contribution in [0.3, 0.4) is 0 Å². The Morgan fingerprint density at radius 3 is 2.85 bits per heavy atom. The number of carbonyl (C=O) groups is 2. The minimum atomic E-state index is -0.581. The molecule has 1 aliphatic heterocycles. The molecule has 1 aromatic heterocycles. The molecule has 7 nitrogen and oxygen atoms in total. The summed E-state index contributed by atoms with van der Waals surface area (Å²) in [7, 11) is 3.87. The molecule has 0 bridgehead atoms. The fourth-order valence-corrected chi connectivity index (χ4v) is 3.11. The molecule has 1 atom stereocenters. The van der Waals surface area contributed by atoms with Crippen molar-refractivity contribution in [3.05, 3.63) is 35.9 Å². The lowest BCUT2D eigenvalue weighted by molar-refractivity contribution is -0.147. The molecule has 0 saturated carbocycles. The second kappa shape index (κ2) is 7.70. The largest absolute Gasteiger partial charge is 0.377 e. The summed E-state index contributed by atoms with van der Waals surface area (Å²) in [6.07, 6.45) is 0. The van der Waals surface area contributed by atoms with Crippen LogP contribution in [0.5, 0.6) is 0 Å². The minimum absolute atomic E-state index is 0.113. The van der Waals surface area contributed by atoms with Crippen molar-refractivity contribution in [3.63, 3.8) is 0 Å². The number of hydrogen-bond donors (Lipinski definition) is 1. The Morgan fingerprint density at radius 2 is 2.12 bits per heavy atom. The standard InChI is InChI=1S/C19H24N4O3/c1-13(24)23-8-9-26-12-17(23)19(25)20-11-14-10-18(22(2)3)21-16-7-5-4-6-15(14)16/h4-7,10,17H,8-9,11-12H2,1-3H3,(H,20,25). The number of benzene rings is 1. The van der Waals surface area contributed by atoms with Crippen molar-refractivity contribution >= 4 is 28.5 Å². The maximum absolute atomic E-state index is 12.6. The Morgan fingerprint density at radius 1 is 1.35 bits per heavy atom. The Hall–Kier alpha value is -2.67. The molecular weight excluding hydrogens is 332 g/mol. The van der Waals surface area contributed by atoms with Crippen LogP contribution in [0.15, 0.2) is 30.3 Å². The zero-order valence-electron chi connectivity index (χ0n) is 15.4. The van der Waals surface area contributed by atoms with Gasteiger partial charge in [-0.15, -0.1) is 0 Å². The van der Waals surface area contributed by atoms with Crippen molar-refractivity contribution in [1.29, 1.82) is 0 Å². The predicted molar refractivity (Wildman–Crippen MR) is 99.9 cm³/mol. The van der Waals surface area contributed by atoms with Gasteiger partial charge in [0, 0.05) is 39.5 Å². The number of morpholine rings is 1. The highest BCUT2D eigenvalue weighted by Gasteiger charge is 2.31. The van der Waals surface area contributed by atoms with Crippen molar-refractivity contribution in [2.24, 2.45) is 0 Å². The fourth-order valence-electron chi connectivity index (χ4n) is 3.11. The van der Waals surface area contributed by atoms with E-state index in [4.69, 9.17) is 4.74 Å². The van der Waals surface area contributed by atoms with E-state index in [0.717, 1.165) is 22.3 Å². The maximum Gasteiger partial charge on any atom is 0.245 e. The van der Waals surface area contributed by atoms with Crippen LogP contribution in [0.25, 0.3) is 10.9 Å². The van der Waals surface area contributed by atoms with Gasteiger partial charge in [-0.25, -0.2) is 4.98 Å². The van der Waals surface area contributed by atoms with Crippen LogP contribution in [0.4, 0.5) is 5.82 Å². The van der Waals surface area contributed by atoms with Gasteiger partial charge in [-0.2, -0.15) is 0 Å². The molecule has 2 amide bonds. The Bertz CT molecular complexity index is 822. The molecule has 2 heterocycles. The molecule has 0 radical (unpaired) electrons. The van der Waals surface area contributed by atoms with Gasteiger partial charge in [0.25, 0.3) is 0 Å². The van der Waals surface area contributed by atoms with Crippen molar-refractivity contribution in [2.75, 3.05) is 38.8 Å². The quantitative estimate of drug-likeness (QED) is 0.890. The molecule has 26 heavy (non-hydrogen) atoms. The van der Waals surface area contributed by atoms with Crippen molar-refractivity contribution in [2.45, 2.75) is 19.5 Å². The van der Waals surface area contributed by atoms with E-state index in [-0.39, 0.29) is 18.4 Å². The smallest absolute Gasteiger partial charge is 0.245 e. The summed E-state index contributed by atoms with van der Waals surface area (Å²) < 4.78 is 5.39. The van der Waals surface area contributed by atoms with Gasteiger partial charge in [0.15, 0.2) is 0 Å². The van der Waals surface area contributed by atoms with E-state index in [2.05, 4.69) is 10.3 Å². The van der Waals surface area contributed by atoms with Gasteiger partial charge in [0.05, 0.1) is 18.7 Å². The molecule has 0 aliphatic carbocycles. The van der Waals surface area contributed by atoms with Crippen molar-refractivity contribution < 1.29 is 14.3 Å². The normalized spacial score (nSPS) is 17.2. The van der Waals surface area contributed by atoms with E-state index in [1.807, 2.05) is 49.3 Å². The van der Waals surface area contributed by atoms with Crippen molar-refractivity contribution in [1.82, 2.24) is 15.2 Å².